The Labute approximate surface area is 143 Å². The fourth-order valence-electron chi connectivity index (χ4n) is 1.85. The third kappa shape index (κ3) is 4.30. The van der Waals surface area contributed by atoms with E-state index in [0.29, 0.717) is 11.3 Å². The summed E-state index contributed by atoms with van der Waals surface area (Å²) in [5.74, 6) is -0.862. The summed E-state index contributed by atoms with van der Waals surface area (Å²) in [6.45, 7) is 3.46. The highest BCUT2D eigenvalue weighted by molar-refractivity contribution is 14.1. The molecule has 0 bridgehead atoms. The highest BCUT2D eigenvalue weighted by atomic mass is 127. The number of para-hydroxylation sites is 1. The van der Waals surface area contributed by atoms with Gasteiger partial charge in [-0.1, -0.05) is 24.3 Å². The molecule has 2 aromatic rings. The largest absolute Gasteiger partial charge is 0.449 e. The maximum Gasteiger partial charge on any atom is 0.338 e. The predicted octanol–water partition coefficient (Wildman–Crippen LogP) is 3.78. The lowest BCUT2D eigenvalue weighted by Crippen LogP contribution is -2.30. The van der Waals surface area contributed by atoms with Crippen LogP contribution in [-0.2, 0) is 9.53 Å². The molecule has 22 heavy (non-hydrogen) atoms. The maximum absolute atomic E-state index is 12.1. The van der Waals surface area contributed by atoms with Crippen LogP contribution in [0.1, 0.15) is 22.8 Å². The van der Waals surface area contributed by atoms with Crippen molar-refractivity contribution < 1.29 is 14.3 Å². The molecule has 0 aliphatic rings. The first-order valence-electron chi connectivity index (χ1n) is 6.80. The number of nitrogens with one attached hydrogen (secondary N) is 1. The monoisotopic (exact) mass is 409 g/mol. The first-order valence-corrected chi connectivity index (χ1v) is 7.88. The molecule has 1 atom stereocenters. The van der Waals surface area contributed by atoms with Crippen molar-refractivity contribution in [2.75, 3.05) is 5.32 Å². The second-order valence-corrected chi connectivity index (χ2v) is 6.11. The molecule has 0 aromatic heterocycles. The van der Waals surface area contributed by atoms with Gasteiger partial charge in [-0.15, -0.1) is 0 Å². The van der Waals surface area contributed by atoms with Crippen molar-refractivity contribution in [1.29, 1.82) is 0 Å². The minimum absolute atomic E-state index is 0.353. The predicted molar refractivity (Wildman–Crippen MR) is 93.8 cm³/mol. The second kappa shape index (κ2) is 7.40. The van der Waals surface area contributed by atoms with Gasteiger partial charge in [0.15, 0.2) is 6.10 Å². The van der Waals surface area contributed by atoms with Gasteiger partial charge in [-0.3, -0.25) is 4.79 Å². The SMILES string of the molecule is Cc1ccccc1NC(=O)[C@@H](C)OC(=O)c1cccc(I)c1. The fourth-order valence-corrected chi connectivity index (χ4v) is 2.39. The van der Waals surface area contributed by atoms with Crippen LogP contribution in [0, 0.1) is 10.5 Å². The van der Waals surface area contributed by atoms with Crippen LogP contribution in [0.25, 0.3) is 0 Å². The molecule has 5 heteroatoms. The molecule has 0 spiro atoms. The van der Waals surface area contributed by atoms with Crippen molar-refractivity contribution in [2.45, 2.75) is 20.0 Å². The van der Waals surface area contributed by atoms with Crippen molar-refractivity contribution in [2.24, 2.45) is 0 Å². The van der Waals surface area contributed by atoms with Crippen LogP contribution >= 0.6 is 22.6 Å². The number of hydrogen-bond acceptors (Lipinski definition) is 3. The number of esters is 1. The summed E-state index contributed by atoms with van der Waals surface area (Å²) in [4.78, 5) is 24.1. The summed E-state index contributed by atoms with van der Waals surface area (Å²) < 4.78 is 6.15. The molecule has 0 saturated carbocycles. The van der Waals surface area contributed by atoms with Gasteiger partial charge in [0.25, 0.3) is 5.91 Å². The van der Waals surface area contributed by atoms with Crippen LogP contribution in [-0.4, -0.2) is 18.0 Å². The molecule has 0 aliphatic heterocycles. The zero-order chi connectivity index (χ0) is 16.1. The van der Waals surface area contributed by atoms with Crippen LogP contribution in [0.15, 0.2) is 48.5 Å². The average Bonchev–Trinajstić information content (AvgIpc) is 2.49. The van der Waals surface area contributed by atoms with Gasteiger partial charge in [0, 0.05) is 9.26 Å². The van der Waals surface area contributed by atoms with E-state index in [4.69, 9.17) is 4.74 Å². The number of ether oxygens (including phenoxy) is 1. The smallest absolute Gasteiger partial charge is 0.338 e. The van der Waals surface area contributed by atoms with E-state index in [0.717, 1.165) is 9.13 Å². The summed E-state index contributed by atoms with van der Waals surface area (Å²) in [7, 11) is 0. The number of amides is 1. The first kappa shape index (κ1) is 16.5. The third-order valence-corrected chi connectivity index (χ3v) is 3.79. The first-order chi connectivity index (χ1) is 10.5. The van der Waals surface area contributed by atoms with Crippen molar-refractivity contribution in [3.05, 3.63) is 63.2 Å². The van der Waals surface area contributed by atoms with Gasteiger partial charge in [0.2, 0.25) is 0 Å². The molecule has 1 N–H and O–H groups in total. The minimum atomic E-state index is -0.870. The molecule has 0 aliphatic carbocycles. The molecule has 0 fully saturated rings. The van der Waals surface area contributed by atoms with Crippen molar-refractivity contribution >= 4 is 40.2 Å². The van der Waals surface area contributed by atoms with E-state index in [-0.39, 0.29) is 5.91 Å². The molecule has 2 aromatic carbocycles. The number of carbonyl (C=O) groups is 2. The Morgan fingerprint density at radius 3 is 2.55 bits per heavy atom. The fraction of sp³-hybridized carbons (Fsp3) is 0.176. The normalized spacial score (nSPS) is 11.6. The molecule has 0 unspecified atom stereocenters. The van der Waals surface area contributed by atoms with Crippen LogP contribution in [0.3, 0.4) is 0 Å². The Balaban J connectivity index is 1.99. The maximum atomic E-state index is 12.1. The summed E-state index contributed by atoms with van der Waals surface area (Å²) in [6.07, 6.45) is -0.870. The van der Waals surface area contributed by atoms with E-state index in [1.54, 1.807) is 31.2 Å². The highest BCUT2D eigenvalue weighted by Gasteiger charge is 2.19. The Morgan fingerprint density at radius 1 is 1.14 bits per heavy atom. The number of rotatable bonds is 4. The van der Waals surface area contributed by atoms with Gasteiger partial charge < -0.3 is 10.1 Å². The van der Waals surface area contributed by atoms with E-state index >= 15 is 0 Å². The summed E-state index contributed by atoms with van der Waals surface area (Å²) >= 11 is 2.12. The molecule has 2 rings (SSSR count). The highest BCUT2D eigenvalue weighted by Crippen LogP contribution is 2.14. The van der Waals surface area contributed by atoms with Crippen LogP contribution < -0.4 is 5.32 Å². The van der Waals surface area contributed by atoms with Crippen LogP contribution in [0.5, 0.6) is 0 Å². The van der Waals surface area contributed by atoms with Gasteiger partial charge in [-0.2, -0.15) is 0 Å². The topological polar surface area (TPSA) is 55.4 Å². The molecule has 114 valence electrons. The number of halogens is 1. The number of aryl methyl sites for hydroxylation is 1. The molecule has 4 nitrogen and oxygen atoms in total. The zero-order valence-electron chi connectivity index (χ0n) is 12.3. The lowest BCUT2D eigenvalue weighted by Gasteiger charge is -2.14. The molecule has 1 amide bonds. The summed E-state index contributed by atoms with van der Waals surface area (Å²) in [6, 6.07) is 14.5. The van der Waals surface area contributed by atoms with E-state index in [2.05, 4.69) is 27.9 Å². The second-order valence-electron chi connectivity index (χ2n) is 4.86. The number of hydrogen-bond donors (Lipinski definition) is 1. The van der Waals surface area contributed by atoms with Crippen molar-refractivity contribution in [3.8, 4) is 0 Å². The third-order valence-electron chi connectivity index (χ3n) is 3.12. The van der Waals surface area contributed by atoms with Gasteiger partial charge >= 0.3 is 5.97 Å². The minimum Gasteiger partial charge on any atom is -0.449 e. The van der Waals surface area contributed by atoms with Gasteiger partial charge in [0.05, 0.1) is 5.56 Å². The lowest BCUT2D eigenvalue weighted by molar-refractivity contribution is -0.123. The van der Waals surface area contributed by atoms with Crippen LogP contribution in [0.4, 0.5) is 5.69 Å². The van der Waals surface area contributed by atoms with Crippen molar-refractivity contribution in [3.63, 3.8) is 0 Å². The van der Waals surface area contributed by atoms with Gasteiger partial charge in [-0.05, 0) is 66.3 Å². The molecular formula is C17H16INO3. The van der Waals surface area contributed by atoms with E-state index in [1.807, 2.05) is 31.2 Å². The van der Waals surface area contributed by atoms with Gasteiger partial charge in [-0.25, -0.2) is 4.79 Å². The molecule has 0 saturated heterocycles. The Kier molecular flexibility index (Phi) is 5.54. The quantitative estimate of drug-likeness (QED) is 0.618. The van der Waals surface area contributed by atoms with E-state index < -0.39 is 12.1 Å². The van der Waals surface area contributed by atoms with Crippen LogP contribution in [0.2, 0.25) is 0 Å². The number of benzene rings is 2. The van der Waals surface area contributed by atoms with Gasteiger partial charge in [0.1, 0.15) is 0 Å². The summed E-state index contributed by atoms with van der Waals surface area (Å²) in [5.41, 5.74) is 2.10. The number of anilines is 1. The van der Waals surface area contributed by atoms with Crippen molar-refractivity contribution in [1.82, 2.24) is 0 Å². The Morgan fingerprint density at radius 2 is 1.86 bits per heavy atom. The lowest BCUT2D eigenvalue weighted by atomic mass is 10.2. The van der Waals surface area contributed by atoms with E-state index in [9.17, 15) is 9.59 Å². The summed E-state index contributed by atoms with van der Waals surface area (Å²) in [5, 5.41) is 2.76. The average molecular weight is 409 g/mol. The standard InChI is InChI=1S/C17H16INO3/c1-11-6-3-4-9-15(11)19-16(20)12(2)22-17(21)13-7-5-8-14(18)10-13/h3-10,12H,1-2H3,(H,19,20)/t12-/m1/s1. The molecule has 0 heterocycles. The molecule has 0 radical (unpaired) electrons. The zero-order valence-corrected chi connectivity index (χ0v) is 14.5. The molecular weight excluding hydrogens is 393 g/mol. The Bertz CT molecular complexity index is 700. The number of carbonyl (C=O) groups excluding carboxylic acids is 2. The Hall–Kier alpha value is -1.89. The van der Waals surface area contributed by atoms with E-state index in [1.165, 1.54) is 0 Å².